The zero-order valence-electron chi connectivity index (χ0n) is 19.2. The van der Waals surface area contributed by atoms with Crippen LogP contribution in [0.25, 0.3) is 11.1 Å². The summed E-state index contributed by atoms with van der Waals surface area (Å²) in [7, 11) is 0. The highest BCUT2D eigenvalue weighted by molar-refractivity contribution is 5.89. The molecule has 0 heterocycles. The van der Waals surface area contributed by atoms with Crippen LogP contribution in [-0.4, -0.2) is 28.9 Å². The molecule has 3 rings (SSSR count). The summed E-state index contributed by atoms with van der Waals surface area (Å²) >= 11 is 0. The van der Waals surface area contributed by atoms with E-state index in [1.807, 2.05) is 56.3 Å². The fourth-order valence-electron chi connectivity index (χ4n) is 3.52. The number of hydrogen-bond acceptors (Lipinski definition) is 4. The van der Waals surface area contributed by atoms with Gasteiger partial charge in [-0.05, 0) is 41.6 Å². The van der Waals surface area contributed by atoms with Gasteiger partial charge in [-0.2, -0.15) is 0 Å². The SMILES string of the molecule is Cc1ccc(NC(=O)N(Cc2ccc(-c3ccccc3)cc2)CC(C)(C)CN)cc1[N+](=O)[O-]. The summed E-state index contributed by atoms with van der Waals surface area (Å²) in [5.74, 6) is 0. The van der Waals surface area contributed by atoms with Crippen molar-refractivity contribution in [2.24, 2.45) is 11.1 Å². The Morgan fingerprint density at radius 2 is 1.67 bits per heavy atom. The van der Waals surface area contributed by atoms with Crippen LogP contribution in [0.4, 0.5) is 16.2 Å². The van der Waals surface area contributed by atoms with Gasteiger partial charge in [0.2, 0.25) is 0 Å². The molecule has 0 radical (unpaired) electrons. The average molecular weight is 447 g/mol. The maximum absolute atomic E-state index is 13.2. The molecule has 172 valence electrons. The Labute approximate surface area is 194 Å². The molecule has 0 aliphatic heterocycles. The standard InChI is InChI=1S/C26H30N4O3/c1-19-9-14-23(15-24(19)30(32)33)28-25(31)29(18-26(2,3)17-27)16-20-10-12-22(13-11-20)21-7-5-4-6-8-21/h4-15H,16-18,27H2,1-3H3,(H,28,31). The van der Waals surface area contributed by atoms with Gasteiger partial charge in [0.15, 0.2) is 0 Å². The number of amides is 2. The number of benzene rings is 3. The van der Waals surface area contributed by atoms with Gasteiger partial charge in [-0.25, -0.2) is 4.79 Å². The van der Waals surface area contributed by atoms with Gasteiger partial charge in [0.05, 0.1) is 4.92 Å². The lowest BCUT2D eigenvalue weighted by Gasteiger charge is -2.32. The first kappa shape index (κ1) is 23.9. The van der Waals surface area contributed by atoms with Crippen molar-refractivity contribution in [3.63, 3.8) is 0 Å². The Morgan fingerprint density at radius 1 is 1.03 bits per heavy atom. The average Bonchev–Trinajstić information content (AvgIpc) is 2.80. The Kier molecular flexibility index (Phi) is 7.45. The minimum absolute atomic E-state index is 0.0295. The van der Waals surface area contributed by atoms with Crippen LogP contribution in [-0.2, 0) is 6.54 Å². The second-order valence-electron chi connectivity index (χ2n) is 8.98. The smallest absolute Gasteiger partial charge is 0.322 e. The number of hydrogen-bond donors (Lipinski definition) is 2. The summed E-state index contributed by atoms with van der Waals surface area (Å²) in [5.41, 5.74) is 9.73. The van der Waals surface area contributed by atoms with Gasteiger partial charge in [-0.3, -0.25) is 10.1 Å². The molecule has 2 amide bonds. The van der Waals surface area contributed by atoms with Crippen molar-refractivity contribution in [1.29, 1.82) is 0 Å². The highest BCUT2D eigenvalue weighted by Crippen LogP contribution is 2.25. The van der Waals surface area contributed by atoms with E-state index in [0.29, 0.717) is 30.9 Å². The summed E-state index contributed by atoms with van der Waals surface area (Å²) in [4.78, 5) is 25.7. The molecular weight excluding hydrogens is 416 g/mol. The number of nitrogens with zero attached hydrogens (tertiary/aromatic N) is 2. The van der Waals surface area contributed by atoms with Crippen molar-refractivity contribution >= 4 is 17.4 Å². The number of aryl methyl sites for hydroxylation is 1. The van der Waals surface area contributed by atoms with Gasteiger partial charge < -0.3 is 16.0 Å². The monoisotopic (exact) mass is 446 g/mol. The highest BCUT2D eigenvalue weighted by Gasteiger charge is 2.25. The van der Waals surface area contributed by atoms with Crippen molar-refractivity contribution in [1.82, 2.24) is 4.90 Å². The van der Waals surface area contributed by atoms with E-state index in [2.05, 4.69) is 17.4 Å². The topological polar surface area (TPSA) is 102 Å². The van der Waals surface area contributed by atoms with E-state index in [0.717, 1.165) is 16.7 Å². The number of nitrogens with two attached hydrogens (primary N) is 1. The molecule has 0 saturated heterocycles. The van der Waals surface area contributed by atoms with E-state index >= 15 is 0 Å². The van der Waals surface area contributed by atoms with Crippen LogP contribution in [0.2, 0.25) is 0 Å². The van der Waals surface area contributed by atoms with Gasteiger partial charge >= 0.3 is 6.03 Å². The number of rotatable bonds is 8. The Morgan fingerprint density at radius 3 is 2.27 bits per heavy atom. The van der Waals surface area contributed by atoms with Crippen molar-refractivity contribution in [3.05, 3.63) is 94.0 Å². The fourth-order valence-corrected chi connectivity index (χ4v) is 3.52. The van der Waals surface area contributed by atoms with Crippen LogP contribution >= 0.6 is 0 Å². The first-order valence-electron chi connectivity index (χ1n) is 10.8. The molecule has 0 bridgehead atoms. The molecule has 0 fully saturated rings. The zero-order chi connectivity index (χ0) is 24.0. The molecular formula is C26H30N4O3. The first-order valence-corrected chi connectivity index (χ1v) is 10.8. The van der Waals surface area contributed by atoms with Crippen LogP contribution in [0.15, 0.2) is 72.8 Å². The van der Waals surface area contributed by atoms with E-state index in [9.17, 15) is 14.9 Å². The summed E-state index contributed by atoms with van der Waals surface area (Å²) in [6, 6.07) is 22.5. The van der Waals surface area contributed by atoms with Gasteiger partial charge in [-0.15, -0.1) is 0 Å². The Balaban J connectivity index is 1.80. The Hall–Kier alpha value is -3.71. The molecule has 0 spiro atoms. The van der Waals surface area contributed by atoms with Crippen molar-refractivity contribution < 1.29 is 9.72 Å². The largest absolute Gasteiger partial charge is 0.330 e. The van der Waals surface area contributed by atoms with Gasteiger partial charge in [-0.1, -0.05) is 74.5 Å². The van der Waals surface area contributed by atoms with Crippen molar-refractivity contribution in [3.8, 4) is 11.1 Å². The van der Waals surface area contributed by atoms with Crippen molar-refractivity contribution in [2.75, 3.05) is 18.4 Å². The van der Waals surface area contributed by atoms with Crippen LogP contribution in [0.3, 0.4) is 0 Å². The molecule has 33 heavy (non-hydrogen) atoms. The second kappa shape index (κ2) is 10.3. The van der Waals surface area contributed by atoms with E-state index in [1.165, 1.54) is 6.07 Å². The quantitative estimate of drug-likeness (QED) is 0.348. The number of carbonyl (C=O) groups excluding carboxylic acids is 1. The van der Waals surface area contributed by atoms with Crippen LogP contribution < -0.4 is 11.1 Å². The Bertz CT molecular complexity index is 1110. The predicted octanol–water partition coefficient (Wildman–Crippen LogP) is 5.59. The zero-order valence-corrected chi connectivity index (χ0v) is 19.2. The van der Waals surface area contributed by atoms with Gasteiger partial charge in [0.25, 0.3) is 5.69 Å². The number of nitrogens with one attached hydrogen (secondary N) is 1. The molecule has 3 aromatic rings. The molecule has 0 unspecified atom stereocenters. The highest BCUT2D eigenvalue weighted by atomic mass is 16.6. The normalized spacial score (nSPS) is 11.2. The van der Waals surface area contributed by atoms with Gasteiger partial charge in [0.1, 0.15) is 0 Å². The lowest BCUT2D eigenvalue weighted by atomic mass is 9.93. The number of nitro benzene ring substituents is 1. The molecule has 0 saturated carbocycles. The third-order valence-electron chi connectivity index (χ3n) is 5.55. The van der Waals surface area contributed by atoms with Crippen LogP contribution in [0, 0.1) is 22.5 Å². The number of anilines is 1. The van der Waals surface area contributed by atoms with E-state index in [4.69, 9.17) is 5.73 Å². The first-order chi connectivity index (χ1) is 15.7. The van der Waals surface area contributed by atoms with Crippen LogP contribution in [0.5, 0.6) is 0 Å². The molecule has 0 atom stereocenters. The third-order valence-corrected chi connectivity index (χ3v) is 5.55. The summed E-state index contributed by atoms with van der Waals surface area (Å²) in [6.45, 7) is 6.91. The van der Waals surface area contributed by atoms with Gasteiger partial charge in [0, 0.05) is 30.4 Å². The maximum atomic E-state index is 13.2. The summed E-state index contributed by atoms with van der Waals surface area (Å²) < 4.78 is 0. The predicted molar refractivity (Wildman–Crippen MR) is 132 cm³/mol. The van der Waals surface area contributed by atoms with E-state index in [1.54, 1.807) is 24.0 Å². The molecule has 0 aliphatic carbocycles. The maximum Gasteiger partial charge on any atom is 0.322 e. The summed E-state index contributed by atoms with van der Waals surface area (Å²) in [5, 5.41) is 14.1. The molecule has 0 aliphatic rings. The fraction of sp³-hybridized carbons (Fsp3) is 0.269. The molecule has 7 heteroatoms. The van der Waals surface area contributed by atoms with E-state index in [-0.39, 0.29) is 17.1 Å². The molecule has 7 nitrogen and oxygen atoms in total. The number of nitro groups is 1. The van der Waals surface area contributed by atoms with Crippen LogP contribution in [0.1, 0.15) is 25.0 Å². The molecule has 0 aromatic heterocycles. The third kappa shape index (κ3) is 6.40. The summed E-state index contributed by atoms with van der Waals surface area (Å²) in [6.07, 6.45) is 0. The lowest BCUT2D eigenvalue weighted by molar-refractivity contribution is -0.385. The molecule has 3 N–H and O–H groups in total. The van der Waals surface area contributed by atoms with E-state index < -0.39 is 4.92 Å². The van der Waals surface area contributed by atoms with Crippen molar-refractivity contribution in [2.45, 2.75) is 27.3 Å². The minimum atomic E-state index is -0.450. The second-order valence-corrected chi connectivity index (χ2v) is 8.98. The number of urea groups is 1. The molecule has 3 aromatic carbocycles. The number of carbonyl (C=O) groups is 1. The minimum Gasteiger partial charge on any atom is -0.330 e. The lowest BCUT2D eigenvalue weighted by Crippen LogP contribution is -2.43.